The Morgan fingerprint density at radius 1 is 1.06 bits per heavy atom. The van der Waals surface area contributed by atoms with E-state index in [2.05, 4.69) is 53.7 Å². The standard InChI is InChI=1S/C16H24O2/c1-11-7-12(8-13-14(11)18-10-17-13)16(5,6)9-15(2,3)4/h7-8H,9-10H2,1-6H3. The maximum atomic E-state index is 5.52. The van der Waals surface area contributed by atoms with Crippen LogP contribution in [0.25, 0.3) is 0 Å². The van der Waals surface area contributed by atoms with Gasteiger partial charge in [0.25, 0.3) is 0 Å². The van der Waals surface area contributed by atoms with Crippen molar-refractivity contribution in [2.75, 3.05) is 6.79 Å². The molecule has 2 heteroatoms. The van der Waals surface area contributed by atoms with Crippen LogP contribution in [-0.2, 0) is 5.41 Å². The quantitative estimate of drug-likeness (QED) is 0.770. The van der Waals surface area contributed by atoms with Crippen LogP contribution >= 0.6 is 0 Å². The predicted octanol–water partition coefficient (Wildman–Crippen LogP) is 4.44. The maximum Gasteiger partial charge on any atom is 0.231 e. The molecule has 0 bridgehead atoms. The third-order valence-corrected chi connectivity index (χ3v) is 3.41. The van der Waals surface area contributed by atoms with Gasteiger partial charge in [-0.25, -0.2) is 0 Å². The van der Waals surface area contributed by atoms with Crippen LogP contribution in [0.4, 0.5) is 0 Å². The van der Waals surface area contributed by atoms with Crippen molar-refractivity contribution in [3.8, 4) is 11.5 Å². The zero-order valence-electron chi connectivity index (χ0n) is 12.4. The lowest BCUT2D eigenvalue weighted by molar-refractivity contribution is 0.173. The summed E-state index contributed by atoms with van der Waals surface area (Å²) >= 11 is 0. The molecule has 1 aromatic carbocycles. The van der Waals surface area contributed by atoms with E-state index in [0.29, 0.717) is 12.2 Å². The molecule has 1 aromatic rings. The lowest BCUT2D eigenvalue weighted by atomic mass is 9.72. The van der Waals surface area contributed by atoms with Crippen LogP contribution in [0, 0.1) is 12.3 Å². The second-order valence-electron chi connectivity index (χ2n) is 7.15. The Bertz CT molecular complexity index is 453. The minimum absolute atomic E-state index is 0.143. The Hall–Kier alpha value is -1.18. The number of fused-ring (bicyclic) bond motifs is 1. The molecule has 0 atom stereocenters. The largest absolute Gasteiger partial charge is 0.454 e. The first-order valence-corrected chi connectivity index (χ1v) is 6.60. The normalized spacial score (nSPS) is 15.0. The third-order valence-electron chi connectivity index (χ3n) is 3.41. The van der Waals surface area contributed by atoms with E-state index in [-0.39, 0.29) is 5.41 Å². The van der Waals surface area contributed by atoms with Gasteiger partial charge in [-0.1, -0.05) is 40.7 Å². The summed E-state index contributed by atoms with van der Waals surface area (Å²) in [4.78, 5) is 0. The van der Waals surface area contributed by atoms with Crippen LogP contribution in [0.5, 0.6) is 11.5 Å². The molecule has 1 aliphatic rings. The SMILES string of the molecule is Cc1cc(C(C)(C)CC(C)(C)C)cc2c1OCO2. The summed E-state index contributed by atoms with van der Waals surface area (Å²) in [5, 5.41) is 0. The summed E-state index contributed by atoms with van der Waals surface area (Å²) in [5.41, 5.74) is 2.96. The van der Waals surface area contributed by atoms with Gasteiger partial charge in [0.15, 0.2) is 11.5 Å². The van der Waals surface area contributed by atoms with Crippen molar-refractivity contribution in [3.63, 3.8) is 0 Å². The molecule has 0 saturated carbocycles. The summed E-state index contributed by atoms with van der Waals surface area (Å²) in [6.45, 7) is 13.9. The van der Waals surface area contributed by atoms with Gasteiger partial charge in [-0.2, -0.15) is 0 Å². The summed E-state index contributed by atoms with van der Waals surface area (Å²) in [5.74, 6) is 1.80. The van der Waals surface area contributed by atoms with E-state index in [4.69, 9.17) is 9.47 Å². The maximum absolute atomic E-state index is 5.52. The molecular weight excluding hydrogens is 224 g/mol. The number of hydrogen-bond acceptors (Lipinski definition) is 2. The fourth-order valence-electron chi connectivity index (χ4n) is 3.00. The zero-order chi connectivity index (χ0) is 13.6. The van der Waals surface area contributed by atoms with Gasteiger partial charge in [0, 0.05) is 0 Å². The van der Waals surface area contributed by atoms with Gasteiger partial charge in [-0.3, -0.25) is 0 Å². The lowest BCUT2D eigenvalue weighted by Crippen LogP contribution is -2.24. The van der Waals surface area contributed by atoms with Crippen LogP contribution in [-0.4, -0.2) is 6.79 Å². The molecule has 1 aliphatic heterocycles. The van der Waals surface area contributed by atoms with Crippen LogP contribution in [0.3, 0.4) is 0 Å². The Morgan fingerprint density at radius 3 is 2.33 bits per heavy atom. The second-order valence-corrected chi connectivity index (χ2v) is 7.15. The zero-order valence-corrected chi connectivity index (χ0v) is 12.4. The van der Waals surface area contributed by atoms with E-state index in [1.165, 1.54) is 11.1 Å². The number of ether oxygens (including phenoxy) is 2. The first-order valence-electron chi connectivity index (χ1n) is 6.60. The molecule has 0 radical (unpaired) electrons. The molecule has 0 amide bonds. The van der Waals surface area contributed by atoms with Crippen molar-refractivity contribution in [1.82, 2.24) is 0 Å². The highest BCUT2D eigenvalue weighted by molar-refractivity contribution is 5.51. The molecule has 0 unspecified atom stereocenters. The lowest BCUT2D eigenvalue weighted by Gasteiger charge is -2.33. The van der Waals surface area contributed by atoms with E-state index in [1.54, 1.807) is 0 Å². The smallest absolute Gasteiger partial charge is 0.231 e. The average molecular weight is 248 g/mol. The van der Waals surface area contributed by atoms with Crippen molar-refractivity contribution in [2.24, 2.45) is 5.41 Å². The van der Waals surface area contributed by atoms with Crippen molar-refractivity contribution >= 4 is 0 Å². The molecule has 0 aromatic heterocycles. The molecule has 2 nitrogen and oxygen atoms in total. The van der Waals surface area contributed by atoms with E-state index in [0.717, 1.165) is 17.9 Å². The van der Waals surface area contributed by atoms with Gasteiger partial charge >= 0.3 is 0 Å². The van der Waals surface area contributed by atoms with E-state index in [9.17, 15) is 0 Å². The van der Waals surface area contributed by atoms with Crippen molar-refractivity contribution in [3.05, 3.63) is 23.3 Å². The number of benzene rings is 1. The molecule has 1 heterocycles. The van der Waals surface area contributed by atoms with Crippen LogP contribution in [0.15, 0.2) is 12.1 Å². The van der Waals surface area contributed by atoms with Gasteiger partial charge in [0.2, 0.25) is 6.79 Å². The van der Waals surface area contributed by atoms with E-state index in [1.807, 2.05) is 0 Å². The van der Waals surface area contributed by atoms with Crippen LogP contribution in [0.2, 0.25) is 0 Å². The van der Waals surface area contributed by atoms with Crippen molar-refractivity contribution in [2.45, 2.75) is 53.4 Å². The van der Waals surface area contributed by atoms with Crippen molar-refractivity contribution < 1.29 is 9.47 Å². The number of rotatable bonds is 2. The van der Waals surface area contributed by atoms with Gasteiger partial charge in [-0.15, -0.1) is 0 Å². The Morgan fingerprint density at radius 2 is 1.72 bits per heavy atom. The Balaban J connectivity index is 2.36. The van der Waals surface area contributed by atoms with Crippen LogP contribution < -0.4 is 9.47 Å². The molecule has 100 valence electrons. The van der Waals surface area contributed by atoms with Gasteiger partial charge in [0.05, 0.1) is 0 Å². The molecule has 0 fully saturated rings. The molecule has 0 spiro atoms. The summed E-state index contributed by atoms with van der Waals surface area (Å²) < 4.78 is 11.0. The van der Waals surface area contributed by atoms with Gasteiger partial charge in [0.1, 0.15) is 0 Å². The highest BCUT2D eigenvalue weighted by Crippen LogP contribution is 2.42. The molecule has 0 aliphatic carbocycles. The molecule has 0 N–H and O–H groups in total. The average Bonchev–Trinajstić information content (AvgIpc) is 2.61. The van der Waals surface area contributed by atoms with Crippen molar-refractivity contribution in [1.29, 1.82) is 0 Å². The highest BCUT2D eigenvalue weighted by atomic mass is 16.7. The number of aryl methyl sites for hydroxylation is 1. The van der Waals surface area contributed by atoms with E-state index >= 15 is 0 Å². The fraction of sp³-hybridized carbons (Fsp3) is 0.625. The second kappa shape index (κ2) is 4.18. The van der Waals surface area contributed by atoms with Gasteiger partial charge in [-0.05, 0) is 41.4 Å². The minimum atomic E-state index is 0.143. The summed E-state index contributed by atoms with van der Waals surface area (Å²) in [7, 11) is 0. The predicted molar refractivity (Wildman–Crippen MR) is 74.4 cm³/mol. The Kier molecular flexibility index (Phi) is 3.08. The first-order chi connectivity index (χ1) is 8.19. The topological polar surface area (TPSA) is 18.5 Å². The van der Waals surface area contributed by atoms with Gasteiger partial charge < -0.3 is 9.47 Å². The fourth-order valence-corrected chi connectivity index (χ4v) is 3.00. The monoisotopic (exact) mass is 248 g/mol. The molecule has 18 heavy (non-hydrogen) atoms. The first kappa shape index (κ1) is 13.3. The van der Waals surface area contributed by atoms with Crippen LogP contribution in [0.1, 0.15) is 52.2 Å². The molecular formula is C16H24O2. The number of hydrogen-bond donors (Lipinski definition) is 0. The Labute approximate surface area is 110 Å². The summed E-state index contributed by atoms with van der Waals surface area (Å²) in [6.07, 6.45) is 1.14. The highest BCUT2D eigenvalue weighted by Gasteiger charge is 2.29. The summed E-state index contributed by atoms with van der Waals surface area (Å²) in [6, 6.07) is 4.38. The molecule has 0 saturated heterocycles. The minimum Gasteiger partial charge on any atom is -0.454 e. The van der Waals surface area contributed by atoms with E-state index < -0.39 is 0 Å². The third kappa shape index (κ3) is 2.63. The molecule has 2 rings (SSSR count).